The molecule has 8 heteroatoms. The normalized spacial score (nSPS) is 17.4. The molecule has 1 fully saturated rings. The van der Waals surface area contributed by atoms with Crippen molar-refractivity contribution in [1.82, 2.24) is 14.5 Å². The van der Waals surface area contributed by atoms with Crippen LogP contribution < -0.4 is 9.62 Å². The molecule has 1 saturated carbocycles. The maximum atomic E-state index is 12.8. The fraction of sp³-hybridized carbons (Fsp3) is 0.524. The molecule has 29 heavy (non-hydrogen) atoms. The largest absolute Gasteiger partial charge is 0.312 e. The van der Waals surface area contributed by atoms with Crippen LogP contribution in [-0.4, -0.2) is 37.2 Å². The van der Waals surface area contributed by atoms with Gasteiger partial charge in [0.25, 0.3) is 0 Å². The first-order valence-corrected chi connectivity index (χ1v) is 11.6. The van der Waals surface area contributed by atoms with Crippen LogP contribution in [0.4, 0.5) is 5.69 Å². The highest BCUT2D eigenvalue weighted by atomic mass is 32.2. The van der Waals surface area contributed by atoms with E-state index in [1.807, 2.05) is 37.3 Å². The Morgan fingerprint density at radius 1 is 1.28 bits per heavy atom. The Labute approximate surface area is 172 Å². The van der Waals surface area contributed by atoms with Gasteiger partial charge in [0, 0.05) is 30.4 Å². The smallest absolute Gasteiger partial charge is 0.240 e. The van der Waals surface area contributed by atoms with Gasteiger partial charge in [0.1, 0.15) is 0 Å². The van der Waals surface area contributed by atoms with Gasteiger partial charge in [-0.1, -0.05) is 0 Å². The lowest BCUT2D eigenvalue weighted by Crippen LogP contribution is -2.31. The van der Waals surface area contributed by atoms with E-state index in [0.29, 0.717) is 13.0 Å². The highest BCUT2D eigenvalue weighted by Crippen LogP contribution is 2.37. The van der Waals surface area contributed by atoms with Gasteiger partial charge in [0.05, 0.1) is 16.6 Å². The van der Waals surface area contributed by atoms with E-state index in [-0.39, 0.29) is 29.3 Å². The number of fused-ring (bicyclic) bond motifs is 1. The number of rotatable bonds is 6. The molecule has 7 nitrogen and oxygen atoms in total. The second-order valence-corrected chi connectivity index (χ2v) is 10.0. The van der Waals surface area contributed by atoms with Gasteiger partial charge in [0.15, 0.2) is 0 Å². The molecule has 0 bridgehead atoms. The quantitative estimate of drug-likeness (QED) is 0.785. The van der Waals surface area contributed by atoms with Crippen LogP contribution in [0.1, 0.15) is 48.3 Å². The van der Waals surface area contributed by atoms with E-state index in [9.17, 15) is 13.2 Å². The lowest BCUT2D eigenvalue weighted by atomic mass is 10.2. The summed E-state index contributed by atoms with van der Waals surface area (Å²) in [7, 11) is -3.64. The van der Waals surface area contributed by atoms with Gasteiger partial charge in [-0.2, -0.15) is 5.10 Å². The Morgan fingerprint density at radius 2 is 2.00 bits per heavy atom. The first-order valence-electron chi connectivity index (χ1n) is 10.2. The Kier molecular flexibility index (Phi) is 5.02. The predicted molar refractivity (Wildman–Crippen MR) is 112 cm³/mol. The second-order valence-electron chi connectivity index (χ2n) is 8.25. The third-order valence-corrected chi connectivity index (χ3v) is 7.54. The predicted octanol–water partition coefficient (Wildman–Crippen LogP) is 2.65. The summed E-state index contributed by atoms with van der Waals surface area (Å²) in [6.07, 6.45) is 2.63. The average molecular weight is 417 g/mol. The molecular weight excluding hydrogens is 388 g/mol. The summed E-state index contributed by atoms with van der Waals surface area (Å²) in [5.74, 6) is 0.331. The molecule has 1 N–H and O–H groups in total. The molecule has 1 aliphatic carbocycles. The number of carbonyl (C=O) groups excluding carboxylic acids is 1. The maximum absolute atomic E-state index is 12.8. The highest BCUT2D eigenvalue weighted by Gasteiger charge is 2.36. The van der Waals surface area contributed by atoms with Gasteiger partial charge in [-0.15, -0.1) is 0 Å². The summed E-state index contributed by atoms with van der Waals surface area (Å²) in [5.41, 5.74) is 4.91. The number of hydrogen-bond donors (Lipinski definition) is 1. The minimum absolute atomic E-state index is 0.0988. The highest BCUT2D eigenvalue weighted by molar-refractivity contribution is 7.89. The summed E-state index contributed by atoms with van der Waals surface area (Å²) >= 11 is 0. The van der Waals surface area contributed by atoms with Crippen molar-refractivity contribution in [2.24, 2.45) is 5.92 Å². The molecule has 156 valence electrons. The molecule has 0 unspecified atom stereocenters. The summed E-state index contributed by atoms with van der Waals surface area (Å²) in [4.78, 5) is 14.5. The zero-order valence-corrected chi connectivity index (χ0v) is 18.2. The van der Waals surface area contributed by atoms with Crippen molar-refractivity contribution in [2.45, 2.75) is 57.9 Å². The molecule has 1 aromatic carbocycles. The number of hydrogen-bond acceptors (Lipinski definition) is 4. The fourth-order valence-electron chi connectivity index (χ4n) is 3.90. The Bertz CT molecular complexity index is 1070. The van der Waals surface area contributed by atoms with Crippen LogP contribution in [0.15, 0.2) is 23.1 Å². The molecule has 2 heterocycles. The van der Waals surface area contributed by atoms with Crippen LogP contribution in [0.5, 0.6) is 0 Å². The number of nitrogens with one attached hydrogen (secondary N) is 1. The van der Waals surface area contributed by atoms with Crippen molar-refractivity contribution >= 4 is 21.6 Å². The summed E-state index contributed by atoms with van der Waals surface area (Å²) in [6.45, 7) is 8.81. The summed E-state index contributed by atoms with van der Waals surface area (Å²) < 4.78 is 30.3. The molecule has 2 aliphatic rings. The lowest BCUT2D eigenvalue weighted by molar-refractivity contribution is -0.119. The molecule has 1 atom stereocenters. The molecule has 1 aliphatic heterocycles. The summed E-state index contributed by atoms with van der Waals surface area (Å²) in [5, 5.41) is 4.52. The molecule has 2 aromatic rings. The van der Waals surface area contributed by atoms with E-state index < -0.39 is 10.0 Å². The van der Waals surface area contributed by atoms with Gasteiger partial charge in [-0.25, -0.2) is 13.1 Å². The van der Waals surface area contributed by atoms with E-state index >= 15 is 0 Å². The van der Waals surface area contributed by atoms with E-state index in [1.54, 1.807) is 18.2 Å². The van der Waals surface area contributed by atoms with Crippen molar-refractivity contribution in [1.29, 1.82) is 0 Å². The number of nitrogens with zero attached hydrogens (tertiary/aromatic N) is 3. The Hall–Kier alpha value is -2.19. The molecule has 4 rings (SSSR count). The van der Waals surface area contributed by atoms with Gasteiger partial charge in [-0.05, 0) is 76.3 Å². The number of anilines is 1. The lowest BCUT2D eigenvalue weighted by Gasteiger charge is -2.18. The first-order chi connectivity index (χ1) is 13.7. The summed E-state index contributed by atoms with van der Waals surface area (Å²) in [6, 6.07) is 4.97. The van der Waals surface area contributed by atoms with Crippen LogP contribution >= 0.6 is 0 Å². The standard InChI is InChI=1S/C21H28N4O3S/c1-13(25-16(4)14(2)15(3)23-25)12-22-29(27,28)19-7-8-20-18(11-19)9-10-24(20)21(26)17-5-6-17/h7-8,11,13,17,22H,5-6,9-10,12H2,1-4H3/t13-/m1/s1. The van der Waals surface area contributed by atoms with E-state index in [1.165, 1.54) is 0 Å². The van der Waals surface area contributed by atoms with Crippen molar-refractivity contribution in [2.75, 3.05) is 18.0 Å². The van der Waals surface area contributed by atoms with Crippen molar-refractivity contribution < 1.29 is 13.2 Å². The molecular formula is C21H28N4O3S. The fourth-order valence-corrected chi connectivity index (χ4v) is 5.07. The van der Waals surface area contributed by atoms with Crippen molar-refractivity contribution in [3.8, 4) is 0 Å². The minimum atomic E-state index is -3.64. The van der Waals surface area contributed by atoms with Crippen LogP contribution in [-0.2, 0) is 21.2 Å². The number of aryl methyl sites for hydroxylation is 1. The molecule has 1 aromatic heterocycles. The van der Waals surface area contributed by atoms with Gasteiger partial charge < -0.3 is 4.90 Å². The maximum Gasteiger partial charge on any atom is 0.240 e. The third-order valence-electron chi connectivity index (χ3n) is 6.12. The zero-order valence-electron chi connectivity index (χ0n) is 17.4. The number of aromatic nitrogens is 2. The molecule has 0 saturated heterocycles. The average Bonchev–Trinajstić information content (AvgIpc) is 3.41. The first kappa shape index (κ1) is 20.1. The molecule has 1 amide bonds. The monoisotopic (exact) mass is 416 g/mol. The number of amides is 1. The van der Waals surface area contributed by atoms with Crippen molar-refractivity contribution in [3.05, 3.63) is 40.7 Å². The number of carbonyl (C=O) groups is 1. The van der Waals surface area contributed by atoms with Crippen LogP contribution in [0, 0.1) is 26.7 Å². The zero-order chi connectivity index (χ0) is 20.9. The van der Waals surface area contributed by atoms with E-state index in [0.717, 1.165) is 41.0 Å². The van der Waals surface area contributed by atoms with Crippen LogP contribution in [0.2, 0.25) is 0 Å². The van der Waals surface area contributed by atoms with E-state index in [2.05, 4.69) is 9.82 Å². The number of sulfonamides is 1. The third kappa shape index (κ3) is 3.71. The van der Waals surface area contributed by atoms with Crippen LogP contribution in [0.25, 0.3) is 0 Å². The number of benzene rings is 1. The second kappa shape index (κ2) is 7.25. The Balaban J connectivity index is 1.48. The SMILES string of the molecule is Cc1nn([C@H](C)CNS(=O)(=O)c2ccc3c(c2)CCN3C(=O)C2CC2)c(C)c1C. The van der Waals surface area contributed by atoms with Crippen LogP contribution in [0.3, 0.4) is 0 Å². The topological polar surface area (TPSA) is 84.3 Å². The minimum Gasteiger partial charge on any atom is -0.312 e. The van der Waals surface area contributed by atoms with Gasteiger partial charge in [-0.3, -0.25) is 9.48 Å². The van der Waals surface area contributed by atoms with Gasteiger partial charge in [0.2, 0.25) is 15.9 Å². The molecule has 0 spiro atoms. The van der Waals surface area contributed by atoms with Crippen molar-refractivity contribution in [3.63, 3.8) is 0 Å². The van der Waals surface area contributed by atoms with E-state index in [4.69, 9.17) is 0 Å². The molecule has 0 radical (unpaired) electrons. The van der Waals surface area contributed by atoms with Gasteiger partial charge >= 0.3 is 0 Å². The Morgan fingerprint density at radius 3 is 2.62 bits per heavy atom.